The summed E-state index contributed by atoms with van der Waals surface area (Å²) in [6.45, 7) is 9.74. The molecule has 0 amide bonds. The predicted octanol–water partition coefficient (Wildman–Crippen LogP) is 3.99. The van der Waals surface area contributed by atoms with Crippen molar-refractivity contribution in [3.8, 4) is 11.4 Å². The number of aryl methyl sites for hydroxylation is 1. The van der Waals surface area contributed by atoms with Crippen LogP contribution in [0.3, 0.4) is 0 Å². The van der Waals surface area contributed by atoms with E-state index < -0.39 is 0 Å². The molecule has 126 valence electrons. The van der Waals surface area contributed by atoms with E-state index in [1.807, 2.05) is 49.4 Å². The summed E-state index contributed by atoms with van der Waals surface area (Å²) in [5.74, 6) is 1.41. The highest BCUT2D eigenvalue weighted by molar-refractivity contribution is 5.77. The van der Waals surface area contributed by atoms with E-state index in [4.69, 9.17) is 4.74 Å². The fraction of sp³-hybridized carbons (Fsp3) is 0.143. The predicted molar refractivity (Wildman–Crippen MR) is 102 cm³/mol. The van der Waals surface area contributed by atoms with Gasteiger partial charge in [-0.1, -0.05) is 30.9 Å². The normalized spacial score (nSPS) is 10.6. The van der Waals surface area contributed by atoms with Crippen molar-refractivity contribution in [2.75, 3.05) is 6.61 Å². The Labute approximate surface area is 146 Å². The molecule has 2 aromatic carbocycles. The Kier molecular flexibility index (Phi) is 4.80. The molecule has 0 saturated heterocycles. The van der Waals surface area contributed by atoms with Gasteiger partial charge < -0.3 is 4.74 Å². The standard InChI is InChI=1S/C21H20N2O2/c1-4-8-16-14-17(11-12-20(16)25-13-5-2)23-15(3)22-19-10-7-6-9-18(19)21(23)24/h4-7,9-12,14H,1-2,8,13H2,3H3. The van der Waals surface area contributed by atoms with Gasteiger partial charge in [-0.25, -0.2) is 4.98 Å². The molecule has 0 aliphatic rings. The van der Waals surface area contributed by atoms with Gasteiger partial charge in [-0.05, 0) is 49.2 Å². The van der Waals surface area contributed by atoms with Crippen LogP contribution in [0.4, 0.5) is 0 Å². The average molecular weight is 332 g/mol. The Bertz CT molecular complexity index is 1000. The molecule has 0 fully saturated rings. The minimum atomic E-state index is -0.0765. The Morgan fingerprint density at radius 1 is 1.16 bits per heavy atom. The number of ether oxygens (including phenoxy) is 1. The van der Waals surface area contributed by atoms with Crippen molar-refractivity contribution in [3.05, 3.63) is 89.5 Å². The first-order valence-corrected chi connectivity index (χ1v) is 8.12. The lowest BCUT2D eigenvalue weighted by Crippen LogP contribution is -2.22. The van der Waals surface area contributed by atoms with Gasteiger partial charge >= 0.3 is 0 Å². The number of para-hydroxylation sites is 1. The molecular weight excluding hydrogens is 312 g/mol. The summed E-state index contributed by atoms with van der Waals surface area (Å²) in [7, 11) is 0. The van der Waals surface area contributed by atoms with Crippen molar-refractivity contribution in [3.63, 3.8) is 0 Å². The number of allylic oxidation sites excluding steroid dienone is 1. The third kappa shape index (κ3) is 3.24. The first-order valence-electron chi connectivity index (χ1n) is 8.12. The van der Waals surface area contributed by atoms with Gasteiger partial charge in [0.1, 0.15) is 18.2 Å². The third-order valence-corrected chi connectivity index (χ3v) is 3.97. The van der Waals surface area contributed by atoms with Gasteiger partial charge in [-0.3, -0.25) is 9.36 Å². The van der Waals surface area contributed by atoms with Crippen molar-refractivity contribution in [1.29, 1.82) is 0 Å². The number of benzene rings is 2. The molecule has 0 unspecified atom stereocenters. The topological polar surface area (TPSA) is 44.1 Å². The lowest BCUT2D eigenvalue weighted by atomic mass is 10.1. The monoisotopic (exact) mass is 332 g/mol. The molecule has 0 aliphatic heterocycles. The van der Waals surface area contributed by atoms with Crippen LogP contribution >= 0.6 is 0 Å². The van der Waals surface area contributed by atoms with Gasteiger partial charge in [0, 0.05) is 0 Å². The van der Waals surface area contributed by atoms with Crippen LogP contribution in [0.2, 0.25) is 0 Å². The molecule has 4 heteroatoms. The minimum absolute atomic E-state index is 0.0765. The van der Waals surface area contributed by atoms with E-state index in [0.29, 0.717) is 29.8 Å². The summed E-state index contributed by atoms with van der Waals surface area (Å²) in [6, 6.07) is 13.1. The molecule has 3 aromatic rings. The first kappa shape index (κ1) is 16.7. The van der Waals surface area contributed by atoms with E-state index in [2.05, 4.69) is 18.1 Å². The van der Waals surface area contributed by atoms with Crippen LogP contribution in [0.1, 0.15) is 11.4 Å². The first-order chi connectivity index (χ1) is 12.2. The fourth-order valence-electron chi connectivity index (χ4n) is 2.86. The second-order valence-corrected chi connectivity index (χ2v) is 5.70. The summed E-state index contributed by atoms with van der Waals surface area (Å²) in [5, 5.41) is 0.602. The zero-order valence-corrected chi connectivity index (χ0v) is 14.2. The molecule has 3 rings (SSSR count). The van der Waals surface area contributed by atoms with Crippen LogP contribution in [0.5, 0.6) is 5.75 Å². The highest BCUT2D eigenvalue weighted by atomic mass is 16.5. The van der Waals surface area contributed by atoms with E-state index in [-0.39, 0.29) is 5.56 Å². The Hall–Kier alpha value is -3.14. The van der Waals surface area contributed by atoms with Crippen LogP contribution < -0.4 is 10.3 Å². The number of rotatable bonds is 6. The molecule has 0 bridgehead atoms. The number of hydrogen-bond acceptors (Lipinski definition) is 3. The average Bonchev–Trinajstić information content (AvgIpc) is 2.61. The Balaban J connectivity index is 2.17. The number of hydrogen-bond donors (Lipinski definition) is 0. The number of nitrogens with zero attached hydrogens (tertiary/aromatic N) is 2. The maximum absolute atomic E-state index is 12.9. The van der Waals surface area contributed by atoms with E-state index in [1.165, 1.54) is 0 Å². The molecule has 0 spiro atoms. The van der Waals surface area contributed by atoms with E-state index in [0.717, 1.165) is 17.0 Å². The summed E-state index contributed by atoms with van der Waals surface area (Å²) >= 11 is 0. The van der Waals surface area contributed by atoms with Crippen molar-refractivity contribution in [1.82, 2.24) is 9.55 Å². The highest BCUT2D eigenvalue weighted by Gasteiger charge is 2.12. The van der Waals surface area contributed by atoms with E-state index >= 15 is 0 Å². The molecule has 25 heavy (non-hydrogen) atoms. The van der Waals surface area contributed by atoms with Crippen molar-refractivity contribution < 1.29 is 4.74 Å². The zero-order chi connectivity index (χ0) is 17.8. The summed E-state index contributed by atoms with van der Waals surface area (Å²) in [4.78, 5) is 17.5. The van der Waals surface area contributed by atoms with Gasteiger partial charge in [0.05, 0.1) is 16.6 Å². The third-order valence-electron chi connectivity index (χ3n) is 3.97. The molecule has 0 radical (unpaired) electrons. The SMILES string of the molecule is C=CCOc1ccc(-n2c(C)nc3ccccc3c2=O)cc1CC=C. The van der Waals surface area contributed by atoms with E-state index in [1.54, 1.807) is 16.7 Å². The zero-order valence-electron chi connectivity index (χ0n) is 14.2. The van der Waals surface area contributed by atoms with Crippen molar-refractivity contribution >= 4 is 10.9 Å². The summed E-state index contributed by atoms with van der Waals surface area (Å²) in [6.07, 6.45) is 4.16. The molecule has 4 nitrogen and oxygen atoms in total. The molecule has 0 saturated carbocycles. The summed E-state index contributed by atoms with van der Waals surface area (Å²) < 4.78 is 7.32. The minimum Gasteiger partial charge on any atom is -0.489 e. The highest BCUT2D eigenvalue weighted by Crippen LogP contribution is 2.23. The Morgan fingerprint density at radius 2 is 1.96 bits per heavy atom. The van der Waals surface area contributed by atoms with Crippen LogP contribution in [0, 0.1) is 6.92 Å². The maximum atomic E-state index is 12.9. The molecular formula is C21H20N2O2. The Morgan fingerprint density at radius 3 is 2.72 bits per heavy atom. The molecule has 0 aliphatic carbocycles. The van der Waals surface area contributed by atoms with Crippen LogP contribution in [0.15, 0.2) is 72.6 Å². The van der Waals surface area contributed by atoms with Gasteiger partial charge in [-0.2, -0.15) is 0 Å². The van der Waals surface area contributed by atoms with Crippen LogP contribution in [-0.4, -0.2) is 16.2 Å². The van der Waals surface area contributed by atoms with Crippen LogP contribution in [0.25, 0.3) is 16.6 Å². The molecule has 1 heterocycles. The maximum Gasteiger partial charge on any atom is 0.265 e. The van der Waals surface area contributed by atoms with Crippen LogP contribution in [-0.2, 0) is 6.42 Å². The van der Waals surface area contributed by atoms with Gasteiger partial charge in [-0.15, -0.1) is 6.58 Å². The molecule has 0 atom stereocenters. The summed E-state index contributed by atoms with van der Waals surface area (Å²) in [5.41, 5.74) is 2.36. The molecule has 1 aromatic heterocycles. The van der Waals surface area contributed by atoms with Gasteiger partial charge in [0.25, 0.3) is 5.56 Å². The second-order valence-electron chi connectivity index (χ2n) is 5.70. The lowest BCUT2D eigenvalue weighted by Gasteiger charge is -2.14. The molecule has 0 N–H and O–H groups in total. The van der Waals surface area contributed by atoms with Gasteiger partial charge in [0.2, 0.25) is 0 Å². The number of fused-ring (bicyclic) bond motifs is 1. The number of aromatic nitrogens is 2. The largest absolute Gasteiger partial charge is 0.489 e. The smallest absolute Gasteiger partial charge is 0.265 e. The van der Waals surface area contributed by atoms with Gasteiger partial charge in [0.15, 0.2) is 0 Å². The fourth-order valence-corrected chi connectivity index (χ4v) is 2.86. The van der Waals surface area contributed by atoms with Crippen molar-refractivity contribution in [2.24, 2.45) is 0 Å². The quantitative estimate of drug-likeness (QED) is 0.641. The van der Waals surface area contributed by atoms with Crippen molar-refractivity contribution in [2.45, 2.75) is 13.3 Å². The second kappa shape index (κ2) is 7.18. The lowest BCUT2D eigenvalue weighted by molar-refractivity contribution is 0.360. The van der Waals surface area contributed by atoms with E-state index in [9.17, 15) is 4.79 Å².